The maximum absolute atomic E-state index is 13.1. The summed E-state index contributed by atoms with van der Waals surface area (Å²) in [5, 5.41) is 17.7. The lowest BCUT2D eigenvalue weighted by Gasteiger charge is -2.42. The molecule has 0 aliphatic carbocycles. The molecule has 2 aromatic heterocycles. The Bertz CT molecular complexity index is 1210. The summed E-state index contributed by atoms with van der Waals surface area (Å²) < 4.78 is 19.8. The molecule has 0 fully saturated rings. The molecule has 1 aliphatic rings. The van der Waals surface area contributed by atoms with Crippen molar-refractivity contribution in [2.24, 2.45) is 0 Å². The van der Waals surface area contributed by atoms with E-state index in [-0.39, 0.29) is 11.5 Å². The van der Waals surface area contributed by atoms with Crippen molar-refractivity contribution in [1.82, 2.24) is 24.9 Å². The van der Waals surface area contributed by atoms with Crippen LogP contribution >= 0.6 is 0 Å². The van der Waals surface area contributed by atoms with Crippen LogP contribution < -0.4 is 10.9 Å². The smallest absolute Gasteiger partial charge is 0.296 e. The van der Waals surface area contributed by atoms with Gasteiger partial charge in [0.2, 0.25) is 5.75 Å². The number of nitrogens with one attached hydrogen (secondary N) is 1. The first-order valence-corrected chi connectivity index (χ1v) is 10.4. The van der Waals surface area contributed by atoms with Gasteiger partial charge in [0.1, 0.15) is 23.1 Å². The standard InChI is InChI=1S/C23H26FN5O3/c1-14-11-18(27-32-14)13-28-9-10-29-21(31)20(30)19(26-22(29)23(28,3)4)15(2)25-12-16-5-7-17(24)8-6-16/h5-8,11,25,30H,2,9-10,12-13H2,1,3-4H3. The van der Waals surface area contributed by atoms with Gasteiger partial charge in [-0.2, -0.15) is 0 Å². The maximum atomic E-state index is 13.1. The molecule has 0 radical (unpaired) electrons. The first kappa shape index (κ1) is 21.8. The zero-order chi connectivity index (χ0) is 23.0. The van der Waals surface area contributed by atoms with Crippen LogP contribution in [0.25, 0.3) is 5.70 Å². The molecule has 0 spiro atoms. The van der Waals surface area contributed by atoms with E-state index in [9.17, 15) is 14.3 Å². The number of fused-ring (bicyclic) bond motifs is 1. The zero-order valence-corrected chi connectivity index (χ0v) is 18.4. The van der Waals surface area contributed by atoms with Gasteiger partial charge in [-0.15, -0.1) is 0 Å². The number of hydrogen-bond donors (Lipinski definition) is 2. The van der Waals surface area contributed by atoms with Crippen molar-refractivity contribution in [1.29, 1.82) is 0 Å². The van der Waals surface area contributed by atoms with Crippen molar-refractivity contribution in [2.45, 2.75) is 45.9 Å². The van der Waals surface area contributed by atoms with Crippen LogP contribution in [0.2, 0.25) is 0 Å². The third kappa shape index (κ3) is 4.03. The van der Waals surface area contributed by atoms with Crippen LogP contribution in [0.15, 0.2) is 46.2 Å². The van der Waals surface area contributed by atoms with Crippen molar-refractivity contribution in [3.05, 3.63) is 81.6 Å². The Morgan fingerprint density at radius 3 is 2.69 bits per heavy atom. The maximum Gasteiger partial charge on any atom is 0.296 e. The monoisotopic (exact) mass is 439 g/mol. The Labute approximate surface area is 185 Å². The summed E-state index contributed by atoms with van der Waals surface area (Å²) >= 11 is 0. The van der Waals surface area contributed by atoms with Gasteiger partial charge in [-0.05, 0) is 38.5 Å². The predicted octanol–water partition coefficient (Wildman–Crippen LogP) is 2.90. The molecule has 1 aliphatic heterocycles. The summed E-state index contributed by atoms with van der Waals surface area (Å²) in [6.45, 7) is 11.6. The minimum Gasteiger partial charge on any atom is -0.501 e. The second-order valence-corrected chi connectivity index (χ2v) is 8.46. The Balaban J connectivity index is 1.61. The molecule has 32 heavy (non-hydrogen) atoms. The van der Waals surface area contributed by atoms with E-state index in [1.807, 2.05) is 26.8 Å². The number of aromatic hydroxyl groups is 1. The Hall–Kier alpha value is -3.46. The highest BCUT2D eigenvalue weighted by molar-refractivity contribution is 5.63. The normalized spacial score (nSPS) is 15.4. The van der Waals surface area contributed by atoms with E-state index in [0.29, 0.717) is 37.7 Å². The van der Waals surface area contributed by atoms with E-state index >= 15 is 0 Å². The highest BCUT2D eigenvalue weighted by Crippen LogP contribution is 2.32. The van der Waals surface area contributed by atoms with Crippen LogP contribution in [0.1, 0.15) is 42.4 Å². The van der Waals surface area contributed by atoms with Gasteiger partial charge in [0.25, 0.3) is 5.56 Å². The van der Waals surface area contributed by atoms with Gasteiger partial charge in [0.05, 0.1) is 16.9 Å². The first-order valence-electron chi connectivity index (χ1n) is 10.4. The Morgan fingerprint density at radius 1 is 1.31 bits per heavy atom. The molecule has 2 N–H and O–H groups in total. The van der Waals surface area contributed by atoms with E-state index in [1.165, 1.54) is 16.7 Å². The minimum absolute atomic E-state index is 0.107. The van der Waals surface area contributed by atoms with E-state index < -0.39 is 16.8 Å². The number of nitrogens with zero attached hydrogens (tertiary/aromatic N) is 4. The molecule has 9 heteroatoms. The second-order valence-electron chi connectivity index (χ2n) is 8.46. The number of aryl methyl sites for hydroxylation is 1. The quantitative estimate of drug-likeness (QED) is 0.610. The van der Waals surface area contributed by atoms with Crippen molar-refractivity contribution in [2.75, 3.05) is 6.54 Å². The molecule has 0 saturated carbocycles. The lowest BCUT2D eigenvalue weighted by atomic mass is 9.97. The van der Waals surface area contributed by atoms with Gasteiger partial charge in [0.15, 0.2) is 0 Å². The van der Waals surface area contributed by atoms with Crippen LogP contribution in [0.5, 0.6) is 5.75 Å². The number of benzene rings is 1. The fourth-order valence-corrected chi connectivity index (χ4v) is 3.93. The molecule has 3 heterocycles. The molecule has 0 bridgehead atoms. The number of halogens is 1. The molecule has 168 valence electrons. The highest BCUT2D eigenvalue weighted by Gasteiger charge is 2.38. The Morgan fingerprint density at radius 2 is 2.03 bits per heavy atom. The van der Waals surface area contributed by atoms with Crippen molar-refractivity contribution in [3.63, 3.8) is 0 Å². The van der Waals surface area contributed by atoms with Crippen LogP contribution in [0.3, 0.4) is 0 Å². The van der Waals surface area contributed by atoms with Crippen molar-refractivity contribution >= 4 is 5.70 Å². The summed E-state index contributed by atoms with van der Waals surface area (Å²) in [7, 11) is 0. The van der Waals surface area contributed by atoms with E-state index in [2.05, 4.69) is 26.9 Å². The van der Waals surface area contributed by atoms with Gasteiger partial charge in [-0.3, -0.25) is 14.3 Å². The molecular weight excluding hydrogens is 413 g/mol. The third-order valence-corrected chi connectivity index (χ3v) is 5.81. The molecule has 8 nitrogen and oxygen atoms in total. The van der Waals surface area contributed by atoms with Crippen LogP contribution in [0.4, 0.5) is 4.39 Å². The summed E-state index contributed by atoms with van der Waals surface area (Å²) in [4.78, 5) is 19.7. The van der Waals surface area contributed by atoms with Gasteiger partial charge in [-0.25, -0.2) is 9.37 Å². The summed E-state index contributed by atoms with van der Waals surface area (Å²) in [6.07, 6.45) is 0. The third-order valence-electron chi connectivity index (χ3n) is 5.81. The molecule has 0 amide bonds. The molecular formula is C23H26FN5O3. The molecule has 0 saturated heterocycles. The Kier molecular flexibility index (Phi) is 5.60. The minimum atomic E-state index is -0.607. The molecule has 1 aromatic carbocycles. The average Bonchev–Trinajstić information content (AvgIpc) is 3.16. The van der Waals surface area contributed by atoms with Crippen LogP contribution in [-0.4, -0.2) is 31.3 Å². The van der Waals surface area contributed by atoms with E-state index in [1.54, 1.807) is 12.1 Å². The SMILES string of the molecule is C=C(NCc1ccc(F)cc1)c1nc2n(c(=O)c1O)CCN(Cc1cc(C)on1)C2(C)C. The van der Waals surface area contributed by atoms with Crippen molar-refractivity contribution < 1.29 is 14.0 Å². The lowest BCUT2D eigenvalue weighted by Crippen LogP contribution is -2.52. The average molecular weight is 439 g/mol. The summed E-state index contributed by atoms with van der Waals surface area (Å²) in [5.74, 6) is 0.510. The lowest BCUT2D eigenvalue weighted by molar-refractivity contribution is 0.0634. The summed E-state index contributed by atoms with van der Waals surface area (Å²) in [6, 6.07) is 7.92. The van der Waals surface area contributed by atoms with Crippen LogP contribution in [-0.2, 0) is 25.2 Å². The zero-order valence-electron chi connectivity index (χ0n) is 18.4. The van der Waals surface area contributed by atoms with Gasteiger partial charge in [-0.1, -0.05) is 23.9 Å². The number of hydrogen-bond acceptors (Lipinski definition) is 7. The van der Waals surface area contributed by atoms with Crippen LogP contribution in [0, 0.1) is 12.7 Å². The van der Waals surface area contributed by atoms with Gasteiger partial charge in [0, 0.05) is 32.2 Å². The molecule has 0 atom stereocenters. The predicted molar refractivity (Wildman–Crippen MR) is 117 cm³/mol. The highest BCUT2D eigenvalue weighted by atomic mass is 19.1. The molecule has 0 unspecified atom stereocenters. The largest absolute Gasteiger partial charge is 0.501 e. The molecule has 3 aromatic rings. The number of aromatic nitrogens is 3. The van der Waals surface area contributed by atoms with Crippen molar-refractivity contribution in [3.8, 4) is 5.75 Å². The fourth-order valence-electron chi connectivity index (χ4n) is 3.93. The van der Waals surface area contributed by atoms with E-state index in [0.717, 1.165) is 17.0 Å². The fraction of sp³-hybridized carbons (Fsp3) is 0.348. The number of rotatable bonds is 6. The van der Waals surface area contributed by atoms with Gasteiger partial charge >= 0.3 is 0 Å². The second kappa shape index (κ2) is 8.23. The summed E-state index contributed by atoms with van der Waals surface area (Å²) in [5.41, 5.74) is 0.943. The molecule has 4 rings (SSSR count). The van der Waals surface area contributed by atoms with Gasteiger partial charge < -0.3 is 14.9 Å². The topological polar surface area (TPSA) is 96.4 Å². The van der Waals surface area contributed by atoms with E-state index in [4.69, 9.17) is 4.52 Å². The first-order chi connectivity index (χ1) is 15.2.